The highest BCUT2D eigenvalue weighted by atomic mass is 32.2. The topological polar surface area (TPSA) is 64.0 Å². The van der Waals surface area contributed by atoms with E-state index in [4.69, 9.17) is 0 Å². The highest BCUT2D eigenvalue weighted by molar-refractivity contribution is 7.83. The van der Waals surface area contributed by atoms with Gasteiger partial charge in [-0.25, -0.2) is 4.68 Å². The predicted octanol–water partition coefficient (Wildman–Crippen LogP) is 2.62. The third kappa shape index (κ3) is 2.97. The van der Waals surface area contributed by atoms with Crippen LogP contribution in [-0.2, 0) is 27.1 Å². The molecule has 1 amide bonds. The molecule has 22 heavy (non-hydrogen) atoms. The summed E-state index contributed by atoms with van der Waals surface area (Å²) >= 11 is 0. The van der Waals surface area contributed by atoms with E-state index in [9.17, 15) is 9.00 Å². The molecule has 0 radical (unpaired) electrons. The van der Waals surface area contributed by atoms with Gasteiger partial charge in [-0.05, 0) is 18.1 Å². The number of nitrogens with zero attached hydrogens (tertiary/aromatic N) is 2. The summed E-state index contributed by atoms with van der Waals surface area (Å²) in [6.07, 6.45) is 0.456. The van der Waals surface area contributed by atoms with E-state index in [0.29, 0.717) is 23.7 Å². The van der Waals surface area contributed by atoms with E-state index in [0.717, 1.165) is 16.9 Å². The summed E-state index contributed by atoms with van der Waals surface area (Å²) in [5.74, 6) is 1.84. The van der Waals surface area contributed by atoms with Gasteiger partial charge >= 0.3 is 0 Å². The van der Waals surface area contributed by atoms with E-state index in [1.807, 2.05) is 44.2 Å². The fourth-order valence-corrected chi connectivity index (χ4v) is 3.83. The minimum absolute atomic E-state index is 0.0347. The quantitative estimate of drug-likeness (QED) is 0.943. The smallest absolute Gasteiger partial charge is 0.225 e. The van der Waals surface area contributed by atoms with E-state index < -0.39 is 10.8 Å². The minimum atomic E-state index is -0.916. The zero-order chi connectivity index (χ0) is 15.7. The molecule has 1 aromatic carbocycles. The second-order valence-electron chi connectivity index (χ2n) is 5.90. The van der Waals surface area contributed by atoms with Crippen LogP contribution in [0.25, 0.3) is 5.69 Å². The van der Waals surface area contributed by atoms with E-state index in [1.54, 1.807) is 4.68 Å². The highest BCUT2D eigenvalue weighted by Crippen LogP contribution is 2.31. The zero-order valence-corrected chi connectivity index (χ0v) is 13.5. The lowest BCUT2D eigenvalue weighted by molar-refractivity contribution is -0.116. The standard InChI is InChI=1S/C16H19N3O2S/c1-11(2)8-15(20)17-16-13-9-22(21)10-14(13)18-19(16)12-6-4-3-5-7-12/h3-7,11H,8-10H2,1-2H3,(H,17,20). The van der Waals surface area contributed by atoms with Crippen LogP contribution in [0.3, 0.4) is 0 Å². The lowest BCUT2D eigenvalue weighted by atomic mass is 10.1. The van der Waals surface area contributed by atoms with Gasteiger partial charge in [0, 0.05) is 22.8 Å². The van der Waals surface area contributed by atoms with Crippen LogP contribution in [0.15, 0.2) is 30.3 Å². The van der Waals surface area contributed by atoms with Crippen molar-refractivity contribution in [3.8, 4) is 5.69 Å². The van der Waals surface area contributed by atoms with Crippen LogP contribution < -0.4 is 5.32 Å². The SMILES string of the molecule is CC(C)CC(=O)Nc1c2c(nn1-c1ccccc1)CS(=O)C2. The highest BCUT2D eigenvalue weighted by Gasteiger charge is 2.28. The average Bonchev–Trinajstić information content (AvgIpc) is 2.97. The molecular weight excluding hydrogens is 298 g/mol. The number of hydrogen-bond donors (Lipinski definition) is 1. The molecule has 5 nitrogen and oxygen atoms in total. The molecule has 0 saturated heterocycles. The number of fused-ring (bicyclic) bond motifs is 1. The van der Waals surface area contributed by atoms with Crippen LogP contribution in [0.5, 0.6) is 0 Å². The summed E-state index contributed by atoms with van der Waals surface area (Å²) in [6, 6.07) is 9.68. The van der Waals surface area contributed by atoms with Crippen molar-refractivity contribution >= 4 is 22.5 Å². The largest absolute Gasteiger partial charge is 0.310 e. The number of carbonyl (C=O) groups is 1. The summed E-state index contributed by atoms with van der Waals surface area (Å²) < 4.78 is 13.5. The van der Waals surface area contributed by atoms with Gasteiger partial charge in [0.15, 0.2) is 0 Å². The van der Waals surface area contributed by atoms with Crippen LogP contribution in [0.1, 0.15) is 31.5 Å². The molecular formula is C16H19N3O2S. The first-order valence-electron chi connectivity index (χ1n) is 7.35. The summed E-state index contributed by atoms with van der Waals surface area (Å²) in [5.41, 5.74) is 2.61. The monoisotopic (exact) mass is 317 g/mol. The van der Waals surface area contributed by atoms with E-state index in [1.165, 1.54) is 0 Å². The molecule has 1 unspecified atom stereocenters. The first kappa shape index (κ1) is 15.0. The van der Waals surface area contributed by atoms with Crippen molar-refractivity contribution in [2.75, 3.05) is 5.32 Å². The number of hydrogen-bond acceptors (Lipinski definition) is 3. The lowest BCUT2D eigenvalue weighted by Crippen LogP contribution is -2.17. The van der Waals surface area contributed by atoms with Crippen molar-refractivity contribution in [2.45, 2.75) is 31.8 Å². The second-order valence-corrected chi connectivity index (χ2v) is 7.35. The van der Waals surface area contributed by atoms with Crippen LogP contribution >= 0.6 is 0 Å². The Kier molecular flexibility index (Phi) is 4.11. The number of nitrogens with one attached hydrogen (secondary N) is 1. The lowest BCUT2D eigenvalue weighted by Gasteiger charge is -2.11. The summed E-state index contributed by atoms with van der Waals surface area (Å²) in [4.78, 5) is 12.2. The molecule has 6 heteroatoms. The predicted molar refractivity (Wildman–Crippen MR) is 87.2 cm³/mol. The molecule has 3 rings (SSSR count). The fourth-order valence-electron chi connectivity index (χ4n) is 2.57. The van der Waals surface area contributed by atoms with Gasteiger partial charge in [-0.2, -0.15) is 5.10 Å². The van der Waals surface area contributed by atoms with E-state index in [2.05, 4.69) is 10.4 Å². The Balaban J connectivity index is 1.99. The summed E-state index contributed by atoms with van der Waals surface area (Å²) in [6.45, 7) is 4.01. The maximum Gasteiger partial charge on any atom is 0.225 e. The van der Waals surface area contributed by atoms with Crippen molar-refractivity contribution in [3.63, 3.8) is 0 Å². The molecule has 1 aromatic heterocycles. The van der Waals surface area contributed by atoms with E-state index in [-0.39, 0.29) is 11.8 Å². The maximum atomic E-state index is 12.2. The Morgan fingerprint density at radius 1 is 1.32 bits per heavy atom. The molecule has 0 fully saturated rings. The second kappa shape index (κ2) is 6.04. The number of rotatable bonds is 4. The Bertz CT molecular complexity index is 722. The van der Waals surface area contributed by atoms with Gasteiger partial charge in [0.1, 0.15) is 5.82 Å². The van der Waals surface area contributed by atoms with Gasteiger partial charge in [-0.3, -0.25) is 9.00 Å². The Morgan fingerprint density at radius 3 is 2.73 bits per heavy atom. The number of benzene rings is 1. The van der Waals surface area contributed by atoms with Crippen molar-refractivity contribution < 1.29 is 9.00 Å². The van der Waals surface area contributed by atoms with Gasteiger partial charge in [0.05, 0.1) is 22.9 Å². The van der Waals surface area contributed by atoms with Crippen LogP contribution in [0, 0.1) is 5.92 Å². The molecule has 0 aliphatic carbocycles. The van der Waals surface area contributed by atoms with Crippen molar-refractivity contribution in [1.29, 1.82) is 0 Å². The van der Waals surface area contributed by atoms with Gasteiger partial charge in [0.2, 0.25) is 5.91 Å². The number of amides is 1. The van der Waals surface area contributed by atoms with Crippen LogP contribution in [-0.4, -0.2) is 19.9 Å². The van der Waals surface area contributed by atoms with Gasteiger partial charge in [-0.15, -0.1) is 0 Å². The Morgan fingerprint density at radius 2 is 2.05 bits per heavy atom. The number of carbonyl (C=O) groups excluding carboxylic acids is 1. The van der Waals surface area contributed by atoms with Gasteiger partial charge in [0.25, 0.3) is 0 Å². The van der Waals surface area contributed by atoms with E-state index >= 15 is 0 Å². The van der Waals surface area contributed by atoms with Crippen molar-refractivity contribution in [3.05, 3.63) is 41.6 Å². The molecule has 2 aromatic rings. The number of anilines is 1. The molecule has 0 saturated carbocycles. The molecule has 2 heterocycles. The molecule has 0 bridgehead atoms. The summed E-state index contributed by atoms with van der Waals surface area (Å²) in [5, 5.41) is 7.52. The molecule has 1 atom stereocenters. The number of aromatic nitrogens is 2. The van der Waals surface area contributed by atoms with Gasteiger partial charge < -0.3 is 5.32 Å². The molecule has 1 N–H and O–H groups in total. The molecule has 0 spiro atoms. The van der Waals surface area contributed by atoms with Crippen molar-refractivity contribution in [1.82, 2.24) is 9.78 Å². The number of para-hydroxylation sites is 1. The van der Waals surface area contributed by atoms with Crippen LogP contribution in [0.2, 0.25) is 0 Å². The Labute approximate surface area is 132 Å². The first-order chi connectivity index (χ1) is 10.5. The maximum absolute atomic E-state index is 12.2. The first-order valence-corrected chi connectivity index (χ1v) is 8.84. The fraction of sp³-hybridized carbons (Fsp3) is 0.375. The van der Waals surface area contributed by atoms with Gasteiger partial charge in [-0.1, -0.05) is 32.0 Å². The molecule has 1 aliphatic rings. The average molecular weight is 317 g/mol. The third-order valence-corrected chi connectivity index (χ3v) is 4.73. The van der Waals surface area contributed by atoms with Crippen LogP contribution in [0.4, 0.5) is 5.82 Å². The molecule has 116 valence electrons. The third-order valence-electron chi connectivity index (χ3n) is 3.52. The Hall–Kier alpha value is -1.95. The minimum Gasteiger partial charge on any atom is -0.310 e. The normalized spacial score (nSPS) is 16.8. The summed E-state index contributed by atoms with van der Waals surface area (Å²) in [7, 11) is -0.916. The molecule has 1 aliphatic heterocycles. The zero-order valence-electron chi connectivity index (χ0n) is 12.7. The van der Waals surface area contributed by atoms with Crippen molar-refractivity contribution in [2.24, 2.45) is 5.92 Å².